The van der Waals surface area contributed by atoms with Gasteiger partial charge in [-0.15, -0.1) is 0 Å². The van der Waals surface area contributed by atoms with Gasteiger partial charge in [0.2, 0.25) is 0 Å². The minimum atomic E-state index is -0.422. The highest BCUT2D eigenvalue weighted by Crippen LogP contribution is 2.30. The van der Waals surface area contributed by atoms with Crippen LogP contribution in [0.4, 0.5) is 5.69 Å². The topological polar surface area (TPSA) is 67.0 Å². The Morgan fingerprint density at radius 2 is 2.19 bits per heavy atom. The van der Waals surface area contributed by atoms with E-state index in [1.807, 2.05) is 37.5 Å². The summed E-state index contributed by atoms with van der Waals surface area (Å²) < 4.78 is 7.62. The van der Waals surface area contributed by atoms with E-state index in [1.165, 1.54) is 25.7 Å². The Labute approximate surface area is 153 Å². The van der Waals surface area contributed by atoms with Crippen LogP contribution in [0.15, 0.2) is 48.3 Å². The molecule has 0 aliphatic heterocycles. The molecule has 2 aromatic rings. The first kappa shape index (κ1) is 17.8. The number of benzene rings is 1. The third-order valence-electron chi connectivity index (χ3n) is 4.56. The number of nitriles is 1. The first-order valence-electron chi connectivity index (χ1n) is 9.03. The number of ether oxygens (including phenoxy) is 1. The molecule has 1 heterocycles. The second-order valence-corrected chi connectivity index (χ2v) is 6.42. The molecule has 0 spiro atoms. The Kier molecular flexibility index (Phi) is 5.75. The number of carbonyl (C=O) groups is 1. The van der Waals surface area contributed by atoms with Gasteiger partial charge < -0.3 is 14.6 Å². The van der Waals surface area contributed by atoms with Crippen LogP contribution in [0.2, 0.25) is 0 Å². The maximum absolute atomic E-state index is 12.4. The molecule has 1 fully saturated rings. The third-order valence-corrected chi connectivity index (χ3v) is 4.56. The number of nitrogens with one attached hydrogen (secondary N) is 1. The highest BCUT2D eigenvalue weighted by molar-refractivity contribution is 6.09. The van der Waals surface area contributed by atoms with Gasteiger partial charge in [-0.2, -0.15) is 5.26 Å². The van der Waals surface area contributed by atoms with Crippen LogP contribution in [-0.2, 0) is 4.79 Å². The third kappa shape index (κ3) is 4.34. The normalized spacial score (nSPS) is 14.8. The van der Waals surface area contributed by atoms with Crippen molar-refractivity contribution in [2.24, 2.45) is 0 Å². The summed E-state index contributed by atoms with van der Waals surface area (Å²) in [5.41, 5.74) is 1.55. The van der Waals surface area contributed by atoms with Gasteiger partial charge in [-0.25, -0.2) is 0 Å². The standard InChI is InChI=1S/C21H23N3O2/c1-2-26-20-9-5-6-18(13-20)23-21(25)17(14-22)12-16-10-11-24(15-16)19-7-3-4-8-19/h5-6,9-13,15,19H,2-4,7-8H2,1H3,(H,23,25)/b17-12+. The van der Waals surface area contributed by atoms with Gasteiger partial charge in [-0.3, -0.25) is 4.79 Å². The lowest BCUT2D eigenvalue weighted by atomic mass is 10.2. The monoisotopic (exact) mass is 349 g/mol. The van der Waals surface area contributed by atoms with E-state index < -0.39 is 5.91 Å². The summed E-state index contributed by atoms with van der Waals surface area (Å²) in [7, 11) is 0. The first-order valence-corrected chi connectivity index (χ1v) is 9.03. The SMILES string of the molecule is CCOc1cccc(NC(=O)/C(C#N)=C/c2ccn(C3CCCC3)c2)c1. The van der Waals surface area contributed by atoms with Gasteiger partial charge >= 0.3 is 0 Å². The average Bonchev–Trinajstić information content (AvgIpc) is 3.31. The number of hydrogen-bond donors (Lipinski definition) is 1. The Balaban J connectivity index is 1.71. The van der Waals surface area contributed by atoms with Crippen LogP contribution >= 0.6 is 0 Å². The summed E-state index contributed by atoms with van der Waals surface area (Å²) in [6.45, 7) is 2.46. The number of anilines is 1. The Morgan fingerprint density at radius 3 is 2.92 bits per heavy atom. The van der Waals surface area contributed by atoms with E-state index >= 15 is 0 Å². The fraction of sp³-hybridized carbons (Fsp3) is 0.333. The molecule has 5 nitrogen and oxygen atoms in total. The van der Waals surface area contributed by atoms with Crippen LogP contribution in [0.25, 0.3) is 6.08 Å². The van der Waals surface area contributed by atoms with E-state index in [0.717, 1.165) is 5.56 Å². The largest absolute Gasteiger partial charge is 0.494 e. The molecule has 26 heavy (non-hydrogen) atoms. The summed E-state index contributed by atoms with van der Waals surface area (Å²) in [6, 6.07) is 11.6. The molecule has 0 atom stereocenters. The molecular weight excluding hydrogens is 326 g/mol. The molecule has 134 valence electrons. The predicted octanol–water partition coefficient (Wildman–Crippen LogP) is 4.55. The molecule has 0 radical (unpaired) electrons. The molecule has 1 amide bonds. The summed E-state index contributed by atoms with van der Waals surface area (Å²) in [5.74, 6) is 0.260. The molecule has 0 unspecified atom stereocenters. The fourth-order valence-corrected chi connectivity index (χ4v) is 3.29. The van der Waals surface area contributed by atoms with E-state index in [0.29, 0.717) is 24.1 Å². The van der Waals surface area contributed by atoms with Crippen LogP contribution < -0.4 is 10.1 Å². The quantitative estimate of drug-likeness (QED) is 0.614. The zero-order valence-electron chi connectivity index (χ0n) is 14.9. The summed E-state index contributed by atoms with van der Waals surface area (Å²) in [4.78, 5) is 12.4. The molecule has 1 aromatic carbocycles. The van der Waals surface area contributed by atoms with Crippen molar-refractivity contribution >= 4 is 17.7 Å². The minimum Gasteiger partial charge on any atom is -0.494 e. The molecule has 1 N–H and O–H groups in total. The fourth-order valence-electron chi connectivity index (χ4n) is 3.29. The Hall–Kier alpha value is -3.00. The Bertz CT molecular complexity index is 839. The number of rotatable bonds is 6. The number of hydrogen-bond acceptors (Lipinski definition) is 3. The summed E-state index contributed by atoms with van der Waals surface area (Å²) in [6.07, 6.45) is 10.6. The molecule has 1 saturated carbocycles. The van der Waals surface area contributed by atoms with Crippen LogP contribution in [0, 0.1) is 11.3 Å². The lowest BCUT2D eigenvalue weighted by Crippen LogP contribution is -2.13. The van der Waals surface area contributed by atoms with E-state index in [1.54, 1.807) is 24.3 Å². The zero-order valence-corrected chi connectivity index (χ0v) is 14.9. The van der Waals surface area contributed by atoms with Crippen LogP contribution in [-0.4, -0.2) is 17.1 Å². The smallest absolute Gasteiger partial charge is 0.266 e. The van der Waals surface area contributed by atoms with Gasteiger partial charge in [0.15, 0.2) is 0 Å². The number of amides is 1. The zero-order chi connectivity index (χ0) is 18.4. The van der Waals surface area contributed by atoms with E-state index in [9.17, 15) is 10.1 Å². The second-order valence-electron chi connectivity index (χ2n) is 6.42. The van der Waals surface area contributed by atoms with Crippen molar-refractivity contribution in [1.29, 1.82) is 5.26 Å². The molecule has 1 aromatic heterocycles. The first-order chi connectivity index (χ1) is 12.7. The van der Waals surface area contributed by atoms with Gasteiger partial charge in [0.05, 0.1) is 6.61 Å². The van der Waals surface area contributed by atoms with E-state index in [2.05, 4.69) is 9.88 Å². The summed E-state index contributed by atoms with van der Waals surface area (Å²) >= 11 is 0. The highest BCUT2D eigenvalue weighted by Gasteiger charge is 2.16. The maximum atomic E-state index is 12.4. The van der Waals surface area contributed by atoms with Gasteiger partial charge in [0.1, 0.15) is 17.4 Å². The van der Waals surface area contributed by atoms with Crippen molar-refractivity contribution in [3.05, 3.63) is 53.9 Å². The van der Waals surface area contributed by atoms with Crippen molar-refractivity contribution in [2.45, 2.75) is 38.6 Å². The van der Waals surface area contributed by atoms with Crippen LogP contribution in [0.5, 0.6) is 5.75 Å². The van der Waals surface area contributed by atoms with Crippen molar-refractivity contribution in [1.82, 2.24) is 4.57 Å². The van der Waals surface area contributed by atoms with Gasteiger partial charge in [0, 0.05) is 30.2 Å². The molecular formula is C21H23N3O2. The van der Waals surface area contributed by atoms with E-state index in [4.69, 9.17) is 4.74 Å². The number of nitrogens with zero attached hydrogens (tertiary/aromatic N) is 2. The molecule has 3 rings (SSSR count). The van der Waals surface area contributed by atoms with Crippen LogP contribution in [0.3, 0.4) is 0 Å². The Morgan fingerprint density at radius 1 is 1.38 bits per heavy atom. The second kappa shape index (κ2) is 8.39. The molecule has 0 bridgehead atoms. The van der Waals surface area contributed by atoms with Gasteiger partial charge in [-0.1, -0.05) is 18.9 Å². The van der Waals surface area contributed by atoms with E-state index in [-0.39, 0.29) is 5.57 Å². The van der Waals surface area contributed by atoms with Gasteiger partial charge in [0.25, 0.3) is 5.91 Å². The highest BCUT2D eigenvalue weighted by atomic mass is 16.5. The van der Waals surface area contributed by atoms with Crippen molar-refractivity contribution in [2.75, 3.05) is 11.9 Å². The average molecular weight is 349 g/mol. The van der Waals surface area contributed by atoms with Crippen molar-refractivity contribution < 1.29 is 9.53 Å². The lowest BCUT2D eigenvalue weighted by molar-refractivity contribution is -0.112. The van der Waals surface area contributed by atoms with Gasteiger partial charge in [-0.05, 0) is 49.6 Å². The predicted molar refractivity (Wildman–Crippen MR) is 102 cm³/mol. The van der Waals surface area contributed by atoms with Crippen molar-refractivity contribution in [3.63, 3.8) is 0 Å². The minimum absolute atomic E-state index is 0.0796. The summed E-state index contributed by atoms with van der Waals surface area (Å²) in [5, 5.41) is 12.1. The lowest BCUT2D eigenvalue weighted by Gasteiger charge is -2.10. The molecule has 1 aliphatic carbocycles. The molecule has 5 heteroatoms. The number of aromatic nitrogens is 1. The molecule has 0 saturated heterocycles. The van der Waals surface area contributed by atoms with Crippen molar-refractivity contribution in [3.8, 4) is 11.8 Å². The molecule has 1 aliphatic rings. The maximum Gasteiger partial charge on any atom is 0.266 e. The van der Waals surface area contributed by atoms with Crippen LogP contribution in [0.1, 0.15) is 44.2 Å². The number of carbonyl (C=O) groups excluding carboxylic acids is 1.